The Kier molecular flexibility index (Phi) is 3.49. The Morgan fingerprint density at radius 1 is 1.12 bits per heavy atom. The first kappa shape index (κ1) is 11.7. The van der Waals surface area contributed by atoms with E-state index in [2.05, 4.69) is 19.2 Å². The van der Waals surface area contributed by atoms with E-state index in [4.69, 9.17) is 4.42 Å². The lowest BCUT2D eigenvalue weighted by molar-refractivity contribution is 0.402. The number of aromatic hydroxyl groups is 1. The lowest BCUT2D eigenvalue weighted by Crippen LogP contribution is -2.22. The number of rotatable bonds is 4. The first-order valence-corrected chi connectivity index (χ1v) is 5.75. The highest BCUT2D eigenvalue weighted by molar-refractivity contribution is 5.29. The summed E-state index contributed by atoms with van der Waals surface area (Å²) in [6.45, 7) is 4.12. The fraction of sp³-hybridized carbons (Fsp3) is 0.286. The van der Waals surface area contributed by atoms with E-state index in [1.165, 1.54) is 0 Å². The van der Waals surface area contributed by atoms with Crippen LogP contribution in [-0.4, -0.2) is 5.11 Å². The molecule has 0 saturated carbocycles. The van der Waals surface area contributed by atoms with Gasteiger partial charge in [0.05, 0.1) is 12.3 Å². The van der Waals surface area contributed by atoms with Crippen LogP contribution in [0.1, 0.15) is 37.3 Å². The first-order chi connectivity index (χ1) is 8.16. The van der Waals surface area contributed by atoms with Crippen LogP contribution in [0, 0.1) is 0 Å². The van der Waals surface area contributed by atoms with E-state index >= 15 is 0 Å². The summed E-state index contributed by atoms with van der Waals surface area (Å²) in [5.41, 5.74) is 1.06. The molecule has 0 aliphatic rings. The highest BCUT2D eigenvalue weighted by Crippen LogP contribution is 2.21. The van der Waals surface area contributed by atoms with E-state index < -0.39 is 0 Å². The normalized spacial score (nSPS) is 14.5. The summed E-state index contributed by atoms with van der Waals surface area (Å²) in [6, 6.07) is 11.4. The predicted octanol–water partition coefficient (Wildman–Crippen LogP) is 3.40. The van der Waals surface area contributed by atoms with Crippen molar-refractivity contribution >= 4 is 0 Å². The maximum Gasteiger partial charge on any atom is 0.120 e. The summed E-state index contributed by atoms with van der Waals surface area (Å²) in [5.74, 6) is 1.21. The van der Waals surface area contributed by atoms with Gasteiger partial charge in [-0.2, -0.15) is 0 Å². The molecule has 0 saturated heterocycles. The van der Waals surface area contributed by atoms with Gasteiger partial charge in [-0.05, 0) is 43.7 Å². The summed E-state index contributed by atoms with van der Waals surface area (Å²) >= 11 is 0. The highest BCUT2D eigenvalue weighted by atomic mass is 16.3. The van der Waals surface area contributed by atoms with E-state index in [-0.39, 0.29) is 12.1 Å². The van der Waals surface area contributed by atoms with Gasteiger partial charge in [-0.25, -0.2) is 0 Å². The Bertz CT molecular complexity index is 465. The molecule has 0 fully saturated rings. The van der Waals surface area contributed by atoms with Gasteiger partial charge in [-0.15, -0.1) is 0 Å². The summed E-state index contributed by atoms with van der Waals surface area (Å²) < 4.78 is 5.34. The van der Waals surface area contributed by atoms with E-state index in [0.717, 1.165) is 11.3 Å². The average Bonchev–Trinajstić information content (AvgIpc) is 2.82. The van der Waals surface area contributed by atoms with E-state index in [9.17, 15) is 5.11 Å². The van der Waals surface area contributed by atoms with E-state index in [1.807, 2.05) is 24.3 Å². The van der Waals surface area contributed by atoms with Crippen LogP contribution in [0.4, 0.5) is 0 Å². The summed E-state index contributed by atoms with van der Waals surface area (Å²) in [4.78, 5) is 0. The number of phenolic OH excluding ortho intramolecular Hbond substituents is 1. The minimum absolute atomic E-state index is 0.141. The Balaban J connectivity index is 2.04. The maximum absolute atomic E-state index is 9.43. The zero-order chi connectivity index (χ0) is 12.3. The molecule has 2 unspecified atom stereocenters. The summed E-state index contributed by atoms with van der Waals surface area (Å²) in [5, 5.41) is 12.9. The van der Waals surface area contributed by atoms with Crippen molar-refractivity contribution in [3.63, 3.8) is 0 Å². The van der Waals surface area contributed by atoms with Crippen molar-refractivity contribution in [2.45, 2.75) is 25.9 Å². The van der Waals surface area contributed by atoms with Gasteiger partial charge < -0.3 is 14.8 Å². The van der Waals surface area contributed by atoms with Crippen molar-refractivity contribution in [1.29, 1.82) is 0 Å². The van der Waals surface area contributed by atoms with Gasteiger partial charge in [0.25, 0.3) is 0 Å². The SMILES string of the molecule is CC(NC(C)c1ccco1)c1cccc(O)c1. The number of phenols is 1. The summed E-state index contributed by atoms with van der Waals surface area (Å²) in [6.07, 6.45) is 1.67. The second-order valence-corrected chi connectivity index (χ2v) is 4.22. The molecule has 17 heavy (non-hydrogen) atoms. The van der Waals surface area contributed by atoms with E-state index in [0.29, 0.717) is 5.75 Å². The summed E-state index contributed by atoms with van der Waals surface area (Å²) in [7, 11) is 0. The van der Waals surface area contributed by atoms with Crippen molar-refractivity contribution in [3.8, 4) is 5.75 Å². The van der Waals surface area contributed by atoms with Crippen molar-refractivity contribution in [1.82, 2.24) is 5.32 Å². The molecule has 0 amide bonds. The molecule has 1 aromatic heterocycles. The third-order valence-electron chi connectivity index (χ3n) is 2.84. The van der Waals surface area contributed by atoms with Gasteiger partial charge in [0.15, 0.2) is 0 Å². The van der Waals surface area contributed by atoms with Crippen LogP contribution in [0.15, 0.2) is 47.1 Å². The monoisotopic (exact) mass is 231 g/mol. The Morgan fingerprint density at radius 3 is 2.59 bits per heavy atom. The smallest absolute Gasteiger partial charge is 0.120 e. The first-order valence-electron chi connectivity index (χ1n) is 5.75. The Hall–Kier alpha value is -1.74. The molecule has 0 aliphatic heterocycles. The third kappa shape index (κ3) is 2.88. The Labute approximate surface area is 101 Å². The fourth-order valence-corrected chi connectivity index (χ4v) is 1.89. The van der Waals surface area contributed by atoms with Crippen molar-refractivity contribution in [2.75, 3.05) is 0 Å². The molecule has 3 nitrogen and oxygen atoms in total. The largest absolute Gasteiger partial charge is 0.508 e. The third-order valence-corrected chi connectivity index (χ3v) is 2.84. The topological polar surface area (TPSA) is 45.4 Å². The fourth-order valence-electron chi connectivity index (χ4n) is 1.89. The van der Waals surface area contributed by atoms with Crippen LogP contribution in [0.25, 0.3) is 0 Å². The second kappa shape index (κ2) is 5.06. The lowest BCUT2D eigenvalue weighted by atomic mass is 10.1. The average molecular weight is 231 g/mol. The van der Waals surface area contributed by atoms with Crippen LogP contribution in [0.3, 0.4) is 0 Å². The lowest BCUT2D eigenvalue weighted by Gasteiger charge is -2.19. The van der Waals surface area contributed by atoms with Gasteiger partial charge in [0, 0.05) is 6.04 Å². The molecular weight excluding hydrogens is 214 g/mol. The molecule has 2 atom stereocenters. The van der Waals surface area contributed by atoms with Crippen LogP contribution < -0.4 is 5.32 Å². The molecule has 1 aromatic carbocycles. The van der Waals surface area contributed by atoms with Crippen LogP contribution >= 0.6 is 0 Å². The van der Waals surface area contributed by atoms with Crippen molar-refractivity contribution in [3.05, 3.63) is 54.0 Å². The molecule has 2 rings (SSSR count). The minimum Gasteiger partial charge on any atom is -0.508 e. The van der Waals surface area contributed by atoms with Crippen LogP contribution in [0.5, 0.6) is 5.75 Å². The van der Waals surface area contributed by atoms with Gasteiger partial charge in [-0.1, -0.05) is 12.1 Å². The van der Waals surface area contributed by atoms with E-state index in [1.54, 1.807) is 18.4 Å². The molecule has 90 valence electrons. The number of hydrogen-bond acceptors (Lipinski definition) is 3. The van der Waals surface area contributed by atoms with Crippen LogP contribution in [0.2, 0.25) is 0 Å². The second-order valence-electron chi connectivity index (χ2n) is 4.22. The molecule has 2 aromatic rings. The predicted molar refractivity (Wildman–Crippen MR) is 66.8 cm³/mol. The van der Waals surface area contributed by atoms with Gasteiger partial charge >= 0.3 is 0 Å². The molecule has 1 heterocycles. The number of hydrogen-bond donors (Lipinski definition) is 2. The number of furan rings is 1. The molecule has 0 spiro atoms. The minimum atomic E-state index is 0.141. The molecular formula is C14H17NO2. The van der Waals surface area contributed by atoms with Gasteiger partial charge in [-0.3, -0.25) is 0 Å². The maximum atomic E-state index is 9.43. The zero-order valence-corrected chi connectivity index (χ0v) is 10.1. The number of nitrogens with one attached hydrogen (secondary N) is 1. The Morgan fingerprint density at radius 2 is 1.94 bits per heavy atom. The highest BCUT2D eigenvalue weighted by Gasteiger charge is 2.13. The molecule has 0 aliphatic carbocycles. The van der Waals surface area contributed by atoms with Gasteiger partial charge in [0.1, 0.15) is 11.5 Å². The van der Waals surface area contributed by atoms with Crippen LogP contribution in [-0.2, 0) is 0 Å². The number of benzene rings is 1. The molecule has 0 radical (unpaired) electrons. The van der Waals surface area contributed by atoms with Crippen molar-refractivity contribution in [2.24, 2.45) is 0 Å². The standard InChI is InChI=1S/C14H17NO2/c1-10(12-5-3-6-13(16)9-12)15-11(2)14-7-4-8-17-14/h3-11,15-16H,1-2H3. The zero-order valence-electron chi connectivity index (χ0n) is 10.1. The molecule has 3 heteroatoms. The molecule has 2 N–H and O–H groups in total. The van der Waals surface area contributed by atoms with Gasteiger partial charge in [0.2, 0.25) is 0 Å². The van der Waals surface area contributed by atoms with Crippen molar-refractivity contribution < 1.29 is 9.52 Å². The molecule has 0 bridgehead atoms. The quantitative estimate of drug-likeness (QED) is 0.847.